The van der Waals surface area contributed by atoms with Gasteiger partial charge in [-0.3, -0.25) is 9.59 Å². The summed E-state index contributed by atoms with van der Waals surface area (Å²) in [6, 6.07) is 32.4. The van der Waals surface area contributed by atoms with E-state index in [1.807, 2.05) is 80.6 Å². The number of hydrogen-bond donors (Lipinski definition) is 0. The molecule has 228 valence electrons. The Morgan fingerprint density at radius 3 is 2.18 bits per heavy atom. The molecule has 1 heterocycles. The summed E-state index contributed by atoms with van der Waals surface area (Å²) >= 11 is 0. The maximum Gasteiger partial charge on any atom is 0.316 e. The van der Waals surface area contributed by atoms with Gasteiger partial charge in [-0.05, 0) is 80.2 Å². The summed E-state index contributed by atoms with van der Waals surface area (Å²) in [5.41, 5.74) is 9.04. The molecular weight excluding hydrogens is 560 g/mol. The highest BCUT2D eigenvalue weighted by Gasteiger charge is 2.52. The molecular formula is C39H38N2O4. The first-order valence-corrected chi connectivity index (χ1v) is 15.5. The van der Waals surface area contributed by atoms with E-state index in [0.29, 0.717) is 23.6 Å². The van der Waals surface area contributed by atoms with Gasteiger partial charge in [0.1, 0.15) is 0 Å². The van der Waals surface area contributed by atoms with Crippen molar-refractivity contribution in [3.8, 4) is 33.6 Å². The lowest BCUT2D eigenvalue weighted by atomic mass is 9.93. The largest absolute Gasteiger partial charge is 0.465 e. The number of rotatable bonds is 11. The van der Waals surface area contributed by atoms with Crippen LogP contribution < -0.4 is 0 Å². The van der Waals surface area contributed by atoms with E-state index in [0.717, 1.165) is 58.3 Å². The Hall–Kier alpha value is -4.81. The molecule has 4 aromatic carbocycles. The number of ketones is 1. The Labute approximate surface area is 264 Å². The van der Waals surface area contributed by atoms with E-state index in [1.54, 1.807) is 0 Å². The van der Waals surface area contributed by atoms with E-state index in [4.69, 9.17) is 9.26 Å². The summed E-state index contributed by atoms with van der Waals surface area (Å²) in [6.45, 7) is 4.93. The number of ether oxygens (including phenoxy) is 1. The van der Waals surface area contributed by atoms with E-state index in [2.05, 4.69) is 54.5 Å². The molecule has 0 amide bonds. The van der Waals surface area contributed by atoms with Gasteiger partial charge in [-0.1, -0.05) is 96.2 Å². The second kappa shape index (κ2) is 12.7. The maximum absolute atomic E-state index is 13.6. The summed E-state index contributed by atoms with van der Waals surface area (Å²) in [5.74, 6) is 0.500. The predicted octanol–water partition coefficient (Wildman–Crippen LogP) is 8.07. The maximum atomic E-state index is 13.6. The van der Waals surface area contributed by atoms with Gasteiger partial charge in [0.15, 0.2) is 11.5 Å². The van der Waals surface area contributed by atoms with Crippen molar-refractivity contribution in [3.63, 3.8) is 0 Å². The number of hydrogen-bond acceptors (Lipinski definition) is 6. The van der Waals surface area contributed by atoms with Crippen molar-refractivity contribution < 1.29 is 18.8 Å². The number of nitrogens with zero attached hydrogens (tertiary/aromatic N) is 2. The van der Waals surface area contributed by atoms with Gasteiger partial charge in [0.25, 0.3) is 0 Å². The van der Waals surface area contributed by atoms with E-state index in [-0.39, 0.29) is 18.2 Å². The first kappa shape index (κ1) is 30.2. The van der Waals surface area contributed by atoms with Crippen molar-refractivity contribution in [3.05, 3.63) is 125 Å². The van der Waals surface area contributed by atoms with E-state index < -0.39 is 5.41 Å². The van der Waals surface area contributed by atoms with Crippen molar-refractivity contribution in [2.75, 3.05) is 20.7 Å². The monoisotopic (exact) mass is 598 g/mol. The molecule has 0 bridgehead atoms. The van der Waals surface area contributed by atoms with Crippen molar-refractivity contribution >= 4 is 11.8 Å². The molecule has 0 radical (unpaired) electrons. The number of benzene rings is 4. The third-order valence-electron chi connectivity index (χ3n) is 8.66. The first-order chi connectivity index (χ1) is 21.8. The zero-order valence-corrected chi connectivity index (χ0v) is 26.3. The lowest BCUT2D eigenvalue weighted by molar-refractivity contribution is -0.146. The van der Waals surface area contributed by atoms with Crippen LogP contribution in [-0.2, 0) is 27.9 Å². The third-order valence-corrected chi connectivity index (χ3v) is 8.66. The molecule has 1 saturated carbocycles. The Kier molecular flexibility index (Phi) is 8.50. The van der Waals surface area contributed by atoms with Gasteiger partial charge in [0.05, 0.1) is 17.7 Å². The average molecular weight is 599 g/mol. The van der Waals surface area contributed by atoms with Gasteiger partial charge >= 0.3 is 5.97 Å². The number of aromatic nitrogens is 1. The minimum absolute atomic E-state index is 0.0162. The summed E-state index contributed by atoms with van der Waals surface area (Å²) in [5, 5.41) is 4.22. The Morgan fingerprint density at radius 1 is 0.844 bits per heavy atom. The molecule has 1 aromatic heterocycles. The van der Waals surface area contributed by atoms with Crippen molar-refractivity contribution in [1.82, 2.24) is 10.1 Å². The van der Waals surface area contributed by atoms with Crippen LogP contribution in [0.4, 0.5) is 0 Å². The lowest BCUT2D eigenvalue weighted by Gasteiger charge is -2.15. The average Bonchev–Trinajstić information content (AvgIpc) is 3.80. The van der Waals surface area contributed by atoms with Crippen molar-refractivity contribution in [1.29, 1.82) is 0 Å². The number of esters is 1. The van der Waals surface area contributed by atoms with Gasteiger partial charge in [0, 0.05) is 29.7 Å². The minimum Gasteiger partial charge on any atom is -0.465 e. The Morgan fingerprint density at radius 2 is 1.51 bits per heavy atom. The zero-order valence-electron chi connectivity index (χ0n) is 26.3. The molecule has 0 N–H and O–H groups in total. The van der Waals surface area contributed by atoms with Gasteiger partial charge in [-0.2, -0.15) is 0 Å². The molecule has 0 spiro atoms. The van der Waals surface area contributed by atoms with Crippen LogP contribution in [0.5, 0.6) is 0 Å². The van der Waals surface area contributed by atoms with Crippen LogP contribution in [0.25, 0.3) is 33.6 Å². The van der Waals surface area contributed by atoms with Gasteiger partial charge < -0.3 is 14.2 Å². The minimum atomic E-state index is -0.478. The molecule has 45 heavy (non-hydrogen) atoms. The van der Waals surface area contributed by atoms with Crippen LogP contribution >= 0.6 is 0 Å². The summed E-state index contributed by atoms with van der Waals surface area (Å²) in [4.78, 5) is 28.2. The lowest BCUT2D eigenvalue weighted by Crippen LogP contribution is -2.23. The molecule has 6 heteroatoms. The van der Waals surface area contributed by atoms with Crippen LogP contribution in [0.1, 0.15) is 52.5 Å². The van der Waals surface area contributed by atoms with Crippen LogP contribution in [-0.4, -0.2) is 42.5 Å². The standard InChI is InChI=1S/C39H38N2O4/c1-5-44-38(43)39(21-22-39)33-19-17-28(18-20-33)27-13-15-29(16-14-27)37-35(26(2)40-45-37)24-36(42)31-11-8-10-30(23-31)34-12-7-6-9-32(34)25-41(3)4/h6-20,23H,5,21-22,24-25H2,1-4H3. The Bertz CT molecular complexity index is 1830. The van der Waals surface area contributed by atoms with Crippen LogP contribution in [0.3, 0.4) is 0 Å². The van der Waals surface area contributed by atoms with Crippen LogP contribution in [0.15, 0.2) is 102 Å². The number of carbonyl (C=O) groups excluding carboxylic acids is 2. The number of carbonyl (C=O) groups is 2. The summed E-state index contributed by atoms with van der Waals surface area (Å²) in [7, 11) is 4.11. The molecule has 0 aliphatic heterocycles. The van der Waals surface area contributed by atoms with Gasteiger partial charge in [-0.25, -0.2) is 0 Å². The topological polar surface area (TPSA) is 72.6 Å². The molecule has 0 atom stereocenters. The predicted molar refractivity (Wildman–Crippen MR) is 177 cm³/mol. The molecule has 1 fully saturated rings. The van der Waals surface area contributed by atoms with Crippen molar-refractivity contribution in [2.45, 2.75) is 45.1 Å². The molecule has 6 nitrogen and oxygen atoms in total. The van der Waals surface area contributed by atoms with E-state index >= 15 is 0 Å². The summed E-state index contributed by atoms with van der Waals surface area (Å²) < 4.78 is 11.1. The fourth-order valence-corrected chi connectivity index (χ4v) is 6.03. The fraction of sp³-hybridized carbons (Fsp3) is 0.256. The van der Waals surface area contributed by atoms with Crippen LogP contribution in [0, 0.1) is 6.92 Å². The summed E-state index contributed by atoms with van der Waals surface area (Å²) in [6.07, 6.45) is 1.86. The normalized spacial score (nSPS) is 13.5. The van der Waals surface area contributed by atoms with E-state index in [1.165, 1.54) is 5.56 Å². The number of Topliss-reactive ketones (excluding diaryl/α,β-unsaturated/α-hetero) is 1. The van der Waals surface area contributed by atoms with Crippen molar-refractivity contribution in [2.24, 2.45) is 0 Å². The van der Waals surface area contributed by atoms with Gasteiger partial charge in [0.2, 0.25) is 0 Å². The van der Waals surface area contributed by atoms with Gasteiger partial charge in [-0.15, -0.1) is 0 Å². The molecule has 1 aliphatic carbocycles. The van der Waals surface area contributed by atoms with Crippen LogP contribution in [0.2, 0.25) is 0 Å². The zero-order chi connectivity index (χ0) is 31.6. The SMILES string of the molecule is CCOC(=O)C1(c2ccc(-c3ccc(-c4onc(C)c4CC(=O)c4cccc(-c5ccccc5CN(C)C)c4)cc3)cc2)CC1. The first-order valence-electron chi connectivity index (χ1n) is 15.5. The molecule has 0 unspecified atom stereocenters. The second-order valence-corrected chi connectivity index (χ2v) is 12.1. The molecule has 6 rings (SSSR count). The fourth-order valence-electron chi connectivity index (χ4n) is 6.03. The van der Waals surface area contributed by atoms with E-state index in [9.17, 15) is 9.59 Å². The second-order valence-electron chi connectivity index (χ2n) is 12.1. The molecule has 5 aromatic rings. The molecule has 1 aliphatic rings. The smallest absolute Gasteiger partial charge is 0.316 e. The quantitative estimate of drug-likeness (QED) is 0.113. The molecule has 0 saturated heterocycles. The number of aryl methyl sites for hydroxylation is 1. The Balaban J connectivity index is 1.20. The highest BCUT2D eigenvalue weighted by Crippen LogP contribution is 2.49. The highest BCUT2D eigenvalue weighted by atomic mass is 16.5. The third kappa shape index (κ3) is 6.24. The highest BCUT2D eigenvalue weighted by molar-refractivity contribution is 5.99.